The minimum atomic E-state index is -0.466. The van der Waals surface area contributed by atoms with Gasteiger partial charge in [0.25, 0.3) is 0 Å². The number of hydrogen-bond donors (Lipinski definition) is 2. The van der Waals surface area contributed by atoms with Gasteiger partial charge in [-0.2, -0.15) is 0 Å². The second-order valence-electron chi connectivity index (χ2n) is 4.00. The lowest BCUT2D eigenvalue weighted by atomic mass is 10.2. The van der Waals surface area contributed by atoms with E-state index in [2.05, 4.69) is 30.6 Å². The molecule has 1 atom stereocenters. The molecule has 0 rings (SSSR count). The molecule has 0 saturated heterocycles. The zero-order valence-corrected chi connectivity index (χ0v) is 9.99. The number of likely N-dealkylation sites (N-methyl/N-ethyl adjacent to an activating group) is 1. The van der Waals surface area contributed by atoms with Gasteiger partial charge in [0.15, 0.2) is 0 Å². The van der Waals surface area contributed by atoms with Crippen LogP contribution in [0.4, 0.5) is 0 Å². The monoisotopic (exact) mass is 213 g/mol. The summed E-state index contributed by atoms with van der Waals surface area (Å²) < 4.78 is 0. The van der Waals surface area contributed by atoms with Gasteiger partial charge >= 0.3 is 0 Å². The lowest BCUT2D eigenvalue weighted by Gasteiger charge is -2.21. The number of rotatable bonds is 7. The highest BCUT2D eigenvalue weighted by molar-refractivity contribution is 5.81. The van der Waals surface area contributed by atoms with E-state index >= 15 is 0 Å². The third-order valence-electron chi connectivity index (χ3n) is 2.40. The molecule has 88 valence electrons. The third-order valence-corrected chi connectivity index (χ3v) is 2.40. The fourth-order valence-corrected chi connectivity index (χ4v) is 1.03. The Morgan fingerprint density at radius 3 is 2.67 bits per heavy atom. The molecular weight excluding hydrogens is 190 g/mol. The Kier molecular flexibility index (Phi) is 6.99. The van der Waals surface area contributed by atoms with Crippen molar-refractivity contribution in [3.05, 3.63) is 12.7 Å². The molecule has 0 bridgehead atoms. The summed E-state index contributed by atoms with van der Waals surface area (Å²) in [6.45, 7) is 9.25. The van der Waals surface area contributed by atoms with E-state index in [0.717, 1.165) is 6.54 Å². The largest absolute Gasteiger partial charge is 0.353 e. The molecule has 0 fully saturated rings. The third kappa shape index (κ3) is 6.25. The van der Waals surface area contributed by atoms with Crippen LogP contribution in [0.25, 0.3) is 0 Å². The lowest BCUT2D eigenvalue weighted by Crippen LogP contribution is -2.43. The van der Waals surface area contributed by atoms with Gasteiger partial charge in [-0.1, -0.05) is 6.08 Å². The second-order valence-corrected chi connectivity index (χ2v) is 4.00. The molecule has 1 amide bonds. The first kappa shape index (κ1) is 14.1. The van der Waals surface area contributed by atoms with Gasteiger partial charge in [0, 0.05) is 19.1 Å². The Balaban J connectivity index is 3.67. The van der Waals surface area contributed by atoms with Crippen LogP contribution in [0.15, 0.2) is 12.7 Å². The van der Waals surface area contributed by atoms with E-state index in [1.807, 2.05) is 7.05 Å². The van der Waals surface area contributed by atoms with Gasteiger partial charge in [-0.3, -0.25) is 4.79 Å². The molecule has 0 saturated carbocycles. The van der Waals surface area contributed by atoms with Crippen LogP contribution < -0.4 is 11.1 Å². The Hall–Kier alpha value is -0.870. The molecule has 1 unspecified atom stereocenters. The Morgan fingerprint density at radius 2 is 2.20 bits per heavy atom. The van der Waals surface area contributed by atoms with Crippen LogP contribution in [-0.4, -0.2) is 43.0 Å². The smallest absolute Gasteiger partial charge is 0.237 e. The van der Waals surface area contributed by atoms with Crippen molar-refractivity contribution in [3.8, 4) is 0 Å². The average Bonchev–Trinajstić information content (AvgIpc) is 2.17. The van der Waals surface area contributed by atoms with E-state index in [4.69, 9.17) is 5.73 Å². The molecule has 0 radical (unpaired) electrons. The van der Waals surface area contributed by atoms with Crippen molar-refractivity contribution in [2.75, 3.05) is 20.1 Å². The average molecular weight is 213 g/mol. The highest BCUT2D eigenvalue weighted by Crippen LogP contribution is 1.92. The van der Waals surface area contributed by atoms with Crippen molar-refractivity contribution >= 4 is 5.91 Å². The quantitative estimate of drug-likeness (QED) is 0.600. The molecule has 3 N–H and O–H groups in total. The van der Waals surface area contributed by atoms with E-state index in [1.165, 1.54) is 0 Å². The molecule has 0 aliphatic carbocycles. The molecule has 4 nitrogen and oxygen atoms in total. The Morgan fingerprint density at radius 1 is 1.60 bits per heavy atom. The number of hydrogen-bond acceptors (Lipinski definition) is 3. The minimum Gasteiger partial charge on any atom is -0.353 e. The van der Waals surface area contributed by atoms with Gasteiger partial charge in [-0.15, -0.1) is 6.58 Å². The first-order valence-electron chi connectivity index (χ1n) is 5.33. The molecule has 4 heteroatoms. The predicted octanol–water partition coefficient (Wildman–Crippen LogP) is 0.346. The van der Waals surface area contributed by atoms with Crippen LogP contribution >= 0.6 is 0 Å². The first-order chi connectivity index (χ1) is 6.99. The van der Waals surface area contributed by atoms with E-state index in [9.17, 15) is 4.79 Å². The van der Waals surface area contributed by atoms with E-state index in [0.29, 0.717) is 19.0 Å². The van der Waals surface area contributed by atoms with Crippen molar-refractivity contribution in [2.45, 2.75) is 32.4 Å². The molecule has 0 aliphatic rings. The summed E-state index contributed by atoms with van der Waals surface area (Å²) in [4.78, 5) is 13.5. The summed E-state index contributed by atoms with van der Waals surface area (Å²) in [7, 11) is 2.03. The Bertz CT molecular complexity index is 204. The van der Waals surface area contributed by atoms with Crippen LogP contribution in [0, 0.1) is 0 Å². The lowest BCUT2D eigenvalue weighted by molar-refractivity contribution is -0.122. The van der Waals surface area contributed by atoms with Gasteiger partial charge in [0.2, 0.25) is 5.91 Å². The number of carbonyl (C=O) groups excluding carboxylic acids is 1. The van der Waals surface area contributed by atoms with Crippen LogP contribution in [0.3, 0.4) is 0 Å². The van der Waals surface area contributed by atoms with Crippen LogP contribution in [-0.2, 0) is 4.79 Å². The second kappa shape index (κ2) is 7.43. The predicted molar refractivity (Wildman–Crippen MR) is 63.6 cm³/mol. The zero-order valence-electron chi connectivity index (χ0n) is 9.99. The normalized spacial score (nSPS) is 12.9. The molecule has 15 heavy (non-hydrogen) atoms. The van der Waals surface area contributed by atoms with Crippen molar-refractivity contribution in [2.24, 2.45) is 5.73 Å². The molecule has 0 aromatic heterocycles. The van der Waals surface area contributed by atoms with Crippen molar-refractivity contribution in [1.82, 2.24) is 10.2 Å². The van der Waals surface area contributed by atoms with Gasteiger partial charge < -0.3 is 16.0 Å². The number of nitrogens with two attached hydrogens (primary N) is 1. The van der Waals surface area contributed by atoms with Gasteiger partial charge in [0.1, 0.15) is 0 Å². The minimum absolute atomic E-state index is 0.105. The summed E-state index contributed by atoms with van der Waals surface area (Å²) in [5, 5.41) is 2.80. The van der Waals surface area contributed by atoms with Crippen LogP contribution in [0.1, 0.15) is 20.3 Å². The van der Waals surface area contributed by atoms with Gasteiger partial charge in [0.05, 0.1) is 6.04 Å². The standard InChI is InChI=1S/C11H23N3O/c1-5-6-10(12)11(15)13-7-8-14(4)9(2)3/h5,9-10H,1,6-8,12H2,2-4H3,(H,13,15). The van der Waals surface area contributed by atoms with Crippen LogP contribution in [0.2, 0.25) is 0 Å². The molecular formula is C11H23N3O. The maximum atomic E-state index is 11.4. The van der Waals surface area contributed by atoms with Gasteiger partial charge in [-0.25, -0.2) is 0 Å². The number of carbonyl (C=O) groups is 1. The molecule has 0 spiro atoms. The molecule has 0 heterocycles. The highest BCUT2D eigenvalue weighted by atomic mass is 16.2. The summed E-state index contributed by atoms with van der Waals surface area (Å²) >= 11 is 0. The maximum Gasteiger partial charge on any atom is 0.237 e. The highest BCUT2D eigenvalue weighted by Gasteiger charge is 2.11. The van der Waals surface area contributed by atoms with E-state index < -0.39 is 6.04 Å². The maximum absolute atomic E-state index is 11.4. The first-order valence-corrected chi connectivity index (χ1v) is 5.33. The number of amides is 1. The molecule has 0 aliphatic heterocycles. The summed E-state index contributed by atoms with van der Waals surface area (Å²) in [5.74, 6) is -0.105. The molecule has 0 aromatic carbocycles. The van der Waals surface area contributed by atoms with E-state index in [-0.39, 0.29) is 5.91 Å². The fourth-order valence-electron chi connectivity index (χ4n) is 1.03. The summed E-state index contributed by atoms with van der Waals surface area (Å²) in [6, 6.07) is 0.0237. The summed E-state index contributed by atoms with van der Waals surface area (Å²) in [5.41, 5.74) is 5.61. The number of nitrogens with zero attached hydrogens (tertiary/aromatic N) is 1. The van der Waals surface area contributed by atoms with Crippen molar-refractivity contribution in [1.29, 1.82) is 0 Å². The van der Waals surface area contributed by atoms with E-state index in [1.54, 1.807) is 6.08 Å². The van der Waals surface area contributed by atoms with Gasteiger partial charge in [-0.05, 0) is 27.3 Å². The van der Waals surface area contributed by atoms with Crippen molar-refractivity contribution in [3.63, 3.8) is 0 Å². The summed E-state index contributed by atoms with van der Waals surface area (Å²) in [6.07, 6.45) is 2.18. The topological polar surface area (TPSA) is 58.4 Å². The fraction of sp³-hybridized carbons (Fsp3) is 0.727. The zero-order chi connectivity index (χ0) is 11.8. The molecule has 0 aromatic rings. The van der Waals surface area contributed by atoms with Crippen LogP contribution in [0.5, 0.6) is 0 Å². The SMILES string of the molecule is C=CCC(N)C(=O)NCCN(C)C(C)C. The number of nitrogens with one attached hydrogen (secondary N) is 1. The Labute approximate surface area is 92.5 Å². The van der Waals surface area contributed by atoms with Crippen molar-refractivity contribution < 1.29 is 4.79 Å².